The van der Waals surface area contributed by atoms with E-state index in [1.54, 1.807) is 6.92 Å². The average molecular weight is 140 g/mol. The van der Waals surface area contributed by atoms with Gasteiger partial charge in [0.25, 0.3) is 0 Å². The summed E-state index contributed by atoms with van der Waals surface area (Å²) >= 11 is 0. The molecule has 1 unspecified atom stereocenters. The maximum Gasteiger partial charge on any atom is 0.337 e. The quantitative estimate of drug-likeness (QED) is 0.594. The monoisotopic (exact) mass is 140 g/mol. The van der Waals surface area contributed by atoms with Gasteiger partial charge in [-0.1, -0.05) is 0 Å². The molecule has 0 saturated heterocycles. The molecule has 1 heterocycles. The van der Waals surface area contributed by atoms with Gasteiger partial charge < -0.3 is 5.11 Å². The number of nitrogens with zero attached hydrogens (tertiary/aromatic N) is 2. The van der Waals surface area contributed by atoms with Crippen LogP contribution in [0.5, 0.6) is 0 Å². The second-order valence-corrected chi connectivity index (χ2v) is 2.40. The molecule has 54 valence electrons. The smallest absolute Gasteiger partial charge is 0.337 e. The van der Waals surface area contributed by atoms with E-state index in [4.69, 9.17) is 5.11 Å². The minimum atomic E-state index is -1.11. The van der Waals surface area contributed by atoms with Crippen molar-refractivity contribution < 1.29 is 9.90 Å². The van der Waals surface area contributed by atoms with Gasteiger partial charge in [0.15, 0.2) is 5.54 Å². The van der Waals surface area contributed by atoms with Gasteiger partial charge in [-0.2, -0.15) is 10.2 Å². The Bertz CT molecular complexity index is 232. The highest BCUT2D eigenvalue weighted by atomic mass is 16.4. The largest absolute Gasteiger partial charge is 0.479 e. The molecule has 0 fully saturated rings. The summed E-state index contributed by atoms with van der Waals surface area (Å²) in [5.74, 6) is -0.956. The Balaban J connectivity index is 3.00. The number of rotatable bonds is 1. The Hall–Kier alpha value is -1.19. The number of carbonyl (C=O) groups is 1. The van der Waals surface area contributed by atoms with Crippen LogP contribution < -0.4 is 0 Å². The summed E-state index contributed by atoms with van der Waals surface area (Å²) in [7, 11) is 0. The fraction of sp³-hybridized carbons (Fsp3) is 0.500. The van der Waals surface area contributed by atoms with Crippen molar-refractivity contribution in [2.75, 3.05) is 0 Å². The van der Waals surface area contributed by atoms with E-state index in [2.05, 4.69) is 10.2 Å². The van der Waals surface area contributed by atoms with Gasteiger partial charge in [0, 0.05) is 0 Å². The number of hydrogen-bond donors (Lipinski definition) is 1. The molecule has 0 bridgehead atoms. The molecule has 10 heavy (non-hydrogen) atoms. The molecule has 1 aliphatic rings. The van der Waals surface area contributed by atoms with Gasteiger partial charge in [0.1, 0.15) is 0 Å². The van der Waals surface area contributed by atoms with Crippen molar-refractivity contribution in [1.82, 2.24) is 0 Å². The lowest BCUT2D eigenvalue weighted by Crippen LogP contribution is -2.32. The third-order valence-electron chi connectivity index (χ3n) is 1.69. The molecule has 0 amide bonds. The predicted octanol–water partition coefficient (Wildman–Crippen LogP) is 1.20. The summed E-state index contributed by atoms with van der Waals surface area (Å²) < 4.78 is 0. The minimum absolute atomic E-state index is 0.667. The molecular weight excluding hydrogens is 132 g/mol. The van der Waals surface area contributed by atoms with Crippen LogP contribution in [0.15, 0.2) is 22.0 Å². The number of azo groups is 1. The van der Waals surface area contributed by atoms with E-state index in [-0.39, 0.29) is 0 Å². The standard InChI is InChI=1S/C6H8N2O2/c1-4-3-7-8-6(4,2)5(9)10/h3H,1-2H3,(H,9,10). The highest BCUT2D eigenvalue weighted by Gasteiger charge is 2.37. The van der Waals surface area contributed by atoms with Gasteiger partial charge in [0.2, 0.25) is 0 Å². The molecule has 0 aromatic heterocycles. The van der Waals surface area contributed by atoms with Gasteiger partial charge >= 0.3 is 5.97 Å². The molecule has 1 atom stereocenters. The summed E-state index contributed by atoms with van der Waals surface area (Å²) in [4.78, 5) is 10.5. The molecule has 0 spiro atoms. The zero-order valence-corrected chi connectivity index (χ0v) is 5.83. The second kappa shape index (κ2) is 1.90. The van der Waals surface area contributed by atoms with Crippen molar-refractivity contribution in [2.24, 2.45) is 10.2 Å². The van der Waals surface area contributed by atoms with Crippen molar-refractivity contribution in [1.29, 1.82) is 0 Å². The summed E-state index contributed by atoms with van der Waals surface area (Å²) in [6.45, 7) is 3.23. The minimum Gasteiger partial charge on any atom is -0.479 e. The van der Waals surface area contributed by atoms with E-state index in [1.165, 1.54) is 13.1 Å². The summed E-state index contributed by atoms with van der Waals surface area (Å²) in [5.41, 5.74) is -0.444. The predicted molar refractivity (Wildman–Crippen MR) is 34.7 cm³/mol. The fourth-order valence-corrected chi connectivity index (χ4v) is 0.647. The number of hydrogen-bond acceptors (Lipinski definition) is 3. The first-order valence-electron chi connectivity index (χ1n) is 2.90. The first-order valence-corrected chi connectivity index (χ1v) is 2.90. The lowest BCUT2D eigenvalue weighted by atomic mass is 9.96. The second-order valence-electron chi connectivity index (χ2n) is 2.40. The van der Waals surface area contributed by atoms with E-state index < -0.39 is 11.5 Å². The molecule has 0 aromatic rings. The molecule has 1 N–H and O–H groups in total. The normalized spacial score (nSPS) is 30.4. The number of aliphatic carboxylic acids is 1. The number of carboxylic acid groups (broad SMARTS) is 1. The van der Waals surface area contributed by atoms with Crippen molar-refractivity contribution in [3.63, 3.8) is 0 Å². The van der Waals surface area contributed by atoms with Crippen LogP contribution in [-0.2, 0) is 4.79 Å². The Kier molecular flexibility index (Phi) is 1.31. The summed E-state index contributed by atoms with van der Waals surface area (Å²) in [5, 5.41) is 15.8. The van der Waals surface area contributed by atoms with E-state index in [0.717, 1.165) is 0 Å². The molecule has 0 aliphatic carbocycles. The molecular formula is C6H8N2O2. The van der Waals surface area contributed by atoms with Crippen LogP contribution in [0.4, 0.5) is 0 Å². The highest BCUT2D eigenvalue weighted by Crippen LogP contribution is 2.26. The molecule has 1 rings (SSSR count). The lowest BCUT2D eigenvalue weighted by Gasteiger charge is -2.13. The van der Waals surface area contributed by atoms with Gasteiger partial charge in [-0.3, -0.25) is 0 Å². The van der Waals surface area contributed by atoms with E-state index >= 15 is 0 Å². The lowest BCUT2D eigenvalue weighted by molar-refractivity contribution is -0.141. The molecule has 1 aliphatic heterocycles. The molecule has 0 radical (unpaired) electrons. The van der Waals surface area contributed by atoms with E-state index in [0.29, 0.717) is 5.57 Å². The highest BCUT2D eigenvalue weighted by molar-refractivity contribution is 5.83. The van der Waals surface area contributed by atoms with Crippen LogP contribution >= 0.6 is 0 Å². The zero-order chi connectivity index (χ0) is 7.78. The maximum absolute atomic E-state index is 10.5. The molecule has 4 nitrogen and oxygen atoms in total. The maximum atomic E-state index is 10.5. The third kappa shape index (κ3) is 0.725. The topological polar surface area (TPSA) is 62.0 Å². The Morgan fingerprint density at radius 2 is 2.40 bits per heavy atom. The van der Waals surface area contributed by atoms with Crippen molar-refractivity contribution in [3.8, 4) is 0 Å². The van der Waals surface area contributed by atoms with Gasteiger partial charge in [-0.15, -0.1) is 0 Å². The first-order chi connectivity index (χ1) is 4.57. The molecule has 0 aromatic carbocycles. The van der Waals surface area contributed by atoms with Gasteiger partial charge in [-0.25, -0.2) is 4.79 Å². The van der Waals surface area contributed by atoms with E-state index in [1.807, 2.05) is 0 Å². The average Bonchev–Trinajstić information content (AvgIpc) is 2.15. The Labute approximate surface area is 58.3 Å². The Morgan fingerprint density at radius 3 is 2.60 bits per heavy atom. The SMILES string of the molecule is CC1=CN=NC1(C)C(=O)O. The third-order valence-corrected chi connectivity index (χ3v) is 1.69. The van der Waals surface area contributed by atoms with Crippen LogP contribution in [0.3, 0.4) is 0 Å². The van der Waals surface area contributed by atoms with Crippen LogP contribution in [-0.4, -0.2) is 16.6 Å². The van der Waals surface area contributed by atoms with Crippen LogP contribution in [0.1, 0.15) is 13.8 Å². The van der Waals surface area contributed by atoms with Crippen molar-refractivity contribution in [3.05, 3.63) is 11.8 Å². The van der Waals surface area contributed by atoms with Crippen LogP contribution in [0.25, 0.3) is 0 Å². The number of carboxylic acids is 1. The van der Waals surface area contributed by atoms with E-state index in [9.17, 15) is 4.79 Å². The van der Waals surface area contributed by atoms with Gasteiger partial charge in [-0.05, 0) is 19.4 Å². The van der Waals surface area contributed by atoms with Crippen molar-refractivity contribution in [2.45, 2.75) is 19.4 Å². The molecule has 4 heteroatoms. The summed E-state index contributed by atoms with van der Waals surface area (Å²) in [6, 6.07) is 0. The fourth-order valence-electron chi connectivity index (χ4n) is 0.647. The van der Waals surface area contributed by atoms with Crippen LogP contribution in [0, 0.1) is 0 Å². The zero-order valence-electron chi connectivity index (χ0n) is 5.83. The Morgan fingerprint density at radius 1 is 1.80 bits per heavy atom. The first kappa shape index (κ1) is 6.92. The molecule has 0 saturated carbocycles. The summed E-state index contributed by atoms with van der Waals surface area (Å²) in [6.07, 6.45) is 1.47. The van der Waals surface area contributed by atoms with Crippen LogP contribution in [0.2, 0.25) is 0 Å². The van der Waals surface area contributed by atoms with Crippen molar-refractivity contribution >= 4 is 5.97 Å². The van der Waals surface area contributed by atoms with Gasteiger partial charge in [0.05, 0.1) is 6.20 Å².